The lowest BCUT2D eigenvalue weighted by atomic mass is 10.1. The fraction of sp³-hybridized carbons (Fsp3) is 0.474. The minimum absolute atomic E-state index is 0.0431. The zero-order valence-corrected chi connectivity index (χ0v) is 16.6. The number of oxazole rings is 1. The van der Waals surface area contributed by atoms with Crippen molar-refractivity contribution in [3.63, 3.8) is 0 Å². The Morgan fingerprint density at radius 2 is 2.04 bits per heavy atom. The second-order valence-electron chi connectivity index (χ2n) is 6.66. The monoisotopic (exact) mass is 392 g/mol. The van der Waals surface area contributed by atoms with E-state index in [1.54, 1.807) is 18.9 Å². The molecule has 1 saturated heterocycles. The molecular weight excluding hydrogens is 368 g/mol. The second-order valence-corrected chi connectivity index (χ2v) is 8.89. The number of ether oxygens (including phenoxy) is 1. The molecule has 0 saturated carbocycles. The molecule has 1 unspecified atom stereocenters. The van der Waals surface area contributed by atoms with Gasteiger partial charge in [-0.1, -0.05) is 0 Å². The lowest BCUT2D eigenvalue weighted by molar-refractivity contribution is -0.132. The number of carbonyl (C=O) groups is 1. The summed E-state index contributed by atoms with van der Waals surface area (Å²) in [4.78, 5) is 18.9. The number of aromatic nitrogens is 1. The van der Waals surface area contributed by atoms with E-state index in [0.717, 1.165) is 11.3 Å². The van der Waals surface area contributed by atoms with E-state index in [4.69, 9.17) is 9.15 Å². The first-order valence-electron chi connectivity index (χ1n) is 8.93. The third-order valence-corrected chi connectivity index (χ3v) is 6.61. The van der Waals surface area contributed by atoms with Gasteiger partial charge in [0.1, 0.15) is 11.5 Å². The minimum atomic E-state index is -3.04. The smallest absolute Gasteiger partial charge is 0.228 e. The van der Waals surface area contributed by atoms with Crippen LogP contribution in [0.15, 0.2) is 28.7 Å². The van der Waals surface area contributed by atoms with Gasteiger partial charge in [0, 0.05) is 18.2 Å². The van der Waals surface area contributed by atoms with E-state index in [0.29, 0.717) is 30.3 Å². The third kappa shape index (κ3) is 4.32. The molecule has 8 heteroatoms. The molecule has 0 N–H and O–H groups in total. The van der Waals surface area contributed by atoms with Crippen LogP contribution < -0.4 is 4.74 Å². The Bertz CT molecular complexity index is 918. The number of carbonyl (C=O) groups excluding carboxylic acids is 1. The summed E-state index contributed by atoms with van der Waals surface area (Å²) in [5, 5.41) is 0. The van der Waals surface area contributed by atoms with E-state index in [9.17, 15) is 13.2 Å². The Balaban J connectivity index is 1.74. The number of benzene rings is 1. The van der Waals surface area contributed by atoms with Crippen LogP contribution in [0.1, 0.15) is 24.8 Å². The van der Waals surface area contributed by atoms with Gasteiger partial charge >= 0.3 is 0 Å². The van der Waals surface area contributed by atoms with Crippen molar-refractivity contribution in [3.8, 4) is 17.2 Å². The molecule has 2 aromatic rings. The molecule has 1 aliphatic heterocycles. The third-order valence-electron chi connectivity index (χ3n) is 4.86. The fourth-order valence-corrected chi connectivity index (χ4v) is 5.08. The van der Waals surface area contributed by atoms with Gasteiger partial charge in [-0.3, -0.25) is 4.79 Å². The van der Waals surface area contributed by atoms with E-state index < -0.39 is 9.84 Å². The Kier molecular flexibility index (Phi) is 5.55. The molecule has 2 heterocycles. The van der Waals surface area contributed by atoms with Gasteiger partial charge in [-0.05, 0) is 44.5 Å². The van der Waals surface area contributed by atoms with E-state index in [1.807, 2.05) is 31.2 Å². The van der Waals surface area contributed by atoms with Gasteiger partial charge < -0.3 is 14.1 Å². The van der Waals surface area contributed by atoms with Gasteiger partial charge in [0.05, 0.1) is 30.7 Å². The van der Waals surface area contributed by atoms with E-state index in [2.05, 4.69) is 4.98 Å². The van der Waals surface area contributed by atoms with Crippen LogP contribution in [0, 0.1) is 6.92 Å². The molecule has 1 fully saturated rings. The highest BCUT2D eigenvalue weighted by atomic mass is 32.2. The molecule has 7 nitrogen and oxygen atoms in total. The quantitative estimate of drug-likeness (QED) is 0.749. The van der Waals surface area contributed by atoms with Crippen molar-refractivity contribution in [2.24, 2.45) is 0 Å². The Hall–Kier alpha value is -2.35. The zero-order valence-electron chi connectivity index (χ0n) is 15.8. The van der Waals surface area contributed by atoms with Gasteiger partial charge in [0.15, 0.2) is 9.84 Å². The molecule has 0 spiro atoms. The number of sulfone groups is 1. The number of amides is 1. The van der Waals surface area contributed by atoms with Crippen LogP contribution >= 0.6 is 0 Å². The SMILES string of the molecule is CCN(C(=O)Cc1nc(-c2ccc(OC)cc2)oc1C)C1CCS(=O)(=O)C1. The van der Waals surface area contributed by atoms with Crippen molar-refractivity contribution in [3.05, 3.63) is 35.7 Å². The summed E-state index contributed by atoms with van der Waals surface area (Å²) in [6, 6.07) is 7.08. The molecular formula is C19H24N2O5S. The molecule has 0 bridgehead atoms. The van der Waals surface area contributed by atoms with Crippen molar-refractivity contribution >= 4 is 15.7 Å². The largest absolute Gasteiger partial charge is 0.497 e. The number of hydrogen-bond donors (Lipinski definition) is 0. The molecule has 146 valence electrons. The first-order chi connectivity index (χ1) is 12.8. The number of rotatable bonds is 6. The van der Waals surface area contributed by atoms with Gasteiger partial charge in [-0.25, -0.2) is 13.4 Å². The van der Waals surface area contributed by atoms with Crippen molar-refractivity contribution < 1.29 is 22.4 Å². The summed E-state index contributed by atoms with van der Waals surface area (Å²) < 4.78 is 34.3. The summed E-state index contributed by atoms with van der Waals surface area (Å²) >= 11 is 0. The number of likely N-dealkylation sites (N-methyl/N-ethyl adjacent to an activating group) is 1. The lowest BCUT2D eigenvalue weighted by Gasteiger charge is -2.26. The predicted molar refractivity (Wildman–Crippen MR) is 101 cm³/mol. The Morgan fingerprint density at radius 3 is 2.59 bits per heavy atom. The molecule has 1 atom stereocenters. The van der Waals surface area contributed by atoms with Crippen molar-refractivity contribution in [2.45, 2.75) is 32.7 Å². The van der Waals surface area contributed by atoms with Crippen LogP contribution in [0.2, 0.25) is 0 Å². The van der Waals surface area contributed by atoms with E-state index in [1.165, 1.54) is 0 Å². The van der Waals surface area contributed by atoms with Gasteiger partial charge in [0.2, 0.25) is 11.8 Å². The number of aryl methyl sites for hydroxylation is 1. The molecule has 0 radical (unpaired) electrons. The topological polar surface area (TPSA) is 89.7 Å². The molecule has 3 rings (SSSR count). The minimum Gasteiger partial charge on any atom is -0.497 e. The summed E-state index contributed by atoms with van der Waals surface area (Å²) in [6.07, 6.45) is 0.590. The van der Waals surface area contributed by atoms with Gasteiger partial charge in [-0.2, -0.15) is 0 Å². The lowest BCUT2D eigenvalue weighted by Crippen LogP contribution is -2.41. The molecule has 1 amide bonds. The molecule has 27 heavy (non-hydrogen) atoms. The first-order valence-corrected chi connectivity index (χ1v) is 10.8. The normalized spacial score (nSPS) is 18.4. The molecule has 0 aliphatic carbocycles. The van der Waals surface area contributed by atoms with Gasteiger partial charge in [0.25, 0.3) is 0 Å². The molecule has 1 aromatic carbocycles. The molecule has 1 aliphatic rings. The standard InChI is InChI=1S/C19H24N2O5S/c1-4-21(15-9-10-27(23,24)12-15)18(22)11-17-13(2)26-19(20-17)14-5-7-16(25-3)8-6-14/h5-8,15H,4,9-12H2,1-3H3. The summed E-state index contributed by atoms with van der Waals surface area (Å²) in [5.41, 5.74) is 1.37. The van der Waals surface area contributed by atoms with Crippen LogP contribution in [-0.4, -0.2) is 55.4 Å². The highest BCUT2D eigenvalue weighted by Crippen LogP contribution is 2.25. The van der Waals surface area contributed by atoms with Crippen LogP contribution in [0.3, 0.4) is 0 Å². The summed E-state index contributed by atoms with van der Waals surface area (Å²) in [6.45, 7) is 4.11. The zero-order chi connectivity index (χ0) is 19.6. The van der Waals surface area contributed by atoms with Crippen LogP contribution in [0.5, 0.6) is 5.75 Å². The maximum absolute atomic E-state index is 12.8. The van der Waals surface area contributed by atoms with Crippen molar-refractivity contribution in [1.82, 2.24) is 9.88 Å². The van der Waals surface area contributed by atoms with E-state index in [-0.39, 0.29) is 29.9 Å². The maximum Gasteiger partial charge on any atom is 0.228 e. The average Bonchev–Trinajstić information content (AvgIpc) is 3.18. The average molecular weight is 392 g/mol. The number of nitrogens with zero attached hydrogens (tertiary/aromatic N) is 2. The predicted octanol–water partition coefficient (Wildman–Crippen LogP) is 2.24. The summed E-state index contributed by atoms with van der Waals surface area (Å²) in [7, 11) is -1.44. The van der Waals surface area contributed by atoms with Crippen molar-refractivity contribution in [1.29, 1.82) is 0 Å². The molecule has 1 aromatic heterocycles. The highest BCUT2D eigenvalue weighted by Gasteiger charge is 2.34. The second kappa shape index (κ2) is 7.72. The highest BCUT2D eigenvalue weighted by molar-refractivity contribution is 7.91. The number of hydrogen-bond acceptors (Lipinski definition) is 6. The Labute approximate surface area is 159 Å². The Morgan fingerprint density at radius 1 is 1.33 bits per heavy atom. The fourth-order valence-electron chi connectivity index (χ4n) is 3.35. The van der Waals surface area contributed by atoms with E-state index >= 15 is 0 Å². The van der Waals surface area contributed by atoms with Crippen LogP contribution in [0.4, 0.5) is 0 Å². The first kappa shape index (κ1) is 19.4. The maximum atomic E-state index is 12.8. The number of methoxy groups -OCH3 is 1. The van der Waals surface area contributed by atoms with Crippen LogP contribution in [0.25, 0.3) is 11.5 Å². The van der Waals surface area contributed by atoms with Crippen LogP contribution in [-0.2, 0) is 21.1 Å². The van der Waals surface area contributed by atoms with Crippen molar-refractivity contribution in [2.75, 3.05) is 25.2 Å². The summed E-state index contributed by atoms with van der Waals surface area (Å²) in [5.74, 6) is 1.83. The van der Waals surface area contributed by atoms with Gasteiger partial charge in [-0.15, -0.1) is 0 Å².